The minimum Gasteiger partial charge on any atom is -0.338 e. The SMILES string of the molecule is Cc1cccc(Cl)c1Nc1nc(NN)nc2sccc12. The summed E-state index contributed by atoms with van der Waals surface area (Å²) in [5.74, 6) is 6.46. The van der Waals surface area contributed by atoms with Crippen molar-refractivity contribution in [3.05, 3.63) is 40.2 Å². The van der Waals surface area contributed by atoms with Crippen LogP contribution in [0.1, 0.15) is 5.56 Å². The molecule has 2 heterocycles. The van der Waals surface area contributed by atoms with Gasteiger partial charge in [-0.2, -0.15) is 4.98 Å². The summed E-state index contributed by atoms with van der Waals surface area (Å²) < 4.78 is 0. The Morgan fingerprint density at radius 2 is 2.10 bits per heavy atom. The van der Waals surface area contributed by atoms with E-state index >= 15 is 0 Å². The zero-order chi connectivity index (χ0) is 14.1. The predicted molar refractivity (Wildman–Crippen MR) is 84.7 cm³/mol. The van der Waals surface area contributed by atoms with Crippen LogP contribution in [0.4, 0.5) is 17.5 Å². The highest BCUT2D eigenvalue weighted by Crippen LogP contribution is 2.32. The number of fused-ring (bicyclic) bond motifs is 1. The van der Waals surface area contributed by atoms with Gasteiger partial charge in [-0.05, 0) is 30.0 Å². The average Bonchev–Trinajstić information content (AvgIpc) is 2.91. The van der Waals surface area contributed by atoms with Crippen LogP contribution in [0.5, 0.6) is 0 Å². The highest BCUT2D eigenvalue weighted by Gasteiger charge is 2.11. The van der Waals surface area contributed by atoms with Crippen molar-refractivity contribution < 1.29 is 0 Å². The number of aryl methyl sites for hydroxylation is 1. The fourth-order valence-electron chi connectivity index (χ4n) is 1.92. The van der Waals surface area contributed by atoms with Crippen molar-refractivity contribution in [3.8, 4) is 0 Å². The molecular formula is C13H12ClN5S. The van der Waals surface area contributed by atoms with Gasteiger partial charge in [-0.1, -0.05) is 23.7 Å². The number of hydrogen-bond acceptors (Lipinski definition) is 6. The van der Waals surface area contributed by atoms with E-state index in [1.165, 1.54) is 11.3 Å². The van der Waals surface area contributed by atoms with Gasteiger partial charge in [0.25, 0.3) is 0 Å². The number of anilines is 3. The van der Waals surface area contributed by atoms with Gasteiger partial charge in [0, 0.05) is 0 Å². The Morgan fingerprint density at radius 1 is 1.25 bits per heavy atom. The summed E-state index contributed by atoms with van der Waals surface area (Å²) in [4.78, 5) is 9.52. The van der Waals surface area contributed by atoms with Gasteiger partial charge in [0.05, 0.1) is 16.1 Å². The maximum atomic E-state index is 6.23. The second kappa shape index (κ2) is 5.24. The monoisotopic (exact) mass is 305 g/mol. The molecule has 2 aromatic heterocycles. The van der Waals surface area contributed by atoms with Crippen LogP contribution in [0.3, 0.4) is 0 Å². The average molecular weight is 306 g/mol. The van der Waals surface area contributed by atoms with E-state index in [0.29, 0.717) is 16.8 Å². The molecule has 0 fully saturated rings. The highest BCUT2D eigenvalue weighted by atomic mass is 35.5. The van der Waals surface area contributed by atoms with Gasteiger partial charge in [-0.15, -0.1) is 11.3 Å². The predicted octanol–water partition coefficient (Wildman–Crippen LogP) is 3.68. The minimum atomic E-state index is 0.368. The van der Waals surface area contributed by atoms with Gasteiger partial charge in [0.2, 0.25) is 5.95 Å². The lowest BCUT2D eigenvalue weighted by molar-refractivity contribution is 1.16. The third kappa shape index (κ3) is 2.29. The number of nitrogen functional groups attached to an aromatic ring is 1. The van der Waals surface area contributed by atoms with Gasteiger partial charge in [0.1, 0.15) is 10.6 Å². The molecule has 1 aromatic carbocycles. The van der Waals surface area contributed by atoms with Crippen molar-refractivity contribution in [1.29, 1.82) is 0 Å². The summed E-state index contributed by atoms with van der Waals surface area (Å²) in [6.07, 6.45) is 0. The number of aromatic nitrogens is 2. The van der Waals surface area contributed by atoms with Gasteiger partial charge < -0.3 is 5.32 Å². The molecule has 3 rings (SSSR count). The van der Waals surface area contributed by atoms with Crippen LogP contribution >= 0.6 is 22.9 Å². The van der Waals surface area contributed by atoms with E-state index in [2.05, 4.69) is 20.7 Å². The van der Waals surface area contributed by atoms with E-state index in [1.807, 2.05) is 36.6 Å². The van der Waals surface area contributed by atoms with Crippen LogP contribution in [0.2, 0.25) is 5.02 Å². The molecule has 0 aliphatic carbocycles. The highest BCUT2D eigenvalue weighted by molar-refractivity contribution is 7.16. The maximum absolute atomic E-state index is 6.23. The first kappa shape index (κ1) is 13.1. The summed E-state index contributed by atoms with van der Waals surface area (Å²) in [6.45, 7) is 1.99. The van der Waals surface area contributed by atoms with Gasteiger partial charge in [-0.25, -0.2) is 10.8 Å². The Balaban J connectivity index is 2.12. The molecule has 102 valence electrons. The summed E-state index contributed by atoms with van der Waals surface area (Å²) in [6, 6.07) is 7.71. The lowest BCUT2D eigenvalue weighted by Gasteiger charge is -2.12. The molecule has 0 spiro atoms. The first-order valence-electron chi connectivity index (χ1n) is 5.93. The van der Waals surface area contributed by atoms with E-state index < -0.39 is 0 Å². The minimum absolute atomic E-state index is 0.368. The topological polar surface area (TPSA) is 75.9 Å². The maximum Gasteiger partial charge on any atom is 0.240 e. The van der Waals surface area contributed by atoms with Crippen molar-refractivity contribution >= 4 is 50.6 Å². The molecule has 3 aromatic rings. The first-order chi connectivity index (χ1) is 9.69. The Bertz CT molecular complexity index is 750. The van der Waals surface area contributed by atoms with Crippen LogP contribution in [-0.2, 0) is 0 Å². The molecule has 0 aliphatic heterocycles. The first-order valence-corrected chi connectivity index (χ1v) is 7.19. The van der Waals surface area contributed by atoms with Crippen molar-refractivity contribution in [1.82, 2.24) is 9.97 Å². The number of hydrogen-bond donors (Lipinski definition) is 3. The second-order valence-electron chi connectivity index (χ2n) is 4.24. The molecule has 0 saturated heterocycles. The Hall–Kier alpha value is -1.89. The molecule has 7 heteroatoms. The fourth-order valence-corrected chi connectivity index (χ4v) is 2.96. The molecule has 0 amide bonds. The fraction of sp³-hybridized carbons (Fsp3) is 0.0769. The molecule has 5 nitrogen and oxygen atoms in total. The Morgan fingerprint density at radius 3 is 2.85 bits per heavy atom. The smallest absolute Gasteiger partial charge is 0.240 e. The zero-order valence-electron chi connectivity index (χ0n) is 10.6. The van der Waals surface area contributed by atoms with E-state index in [0.717, 1.165) is 21.5 Å². The number of nitrogens with zero attached hydrogens (tertiary/aromatic N) is 2. The lowest BCUT2D eigenvalue weighted by Crippen LogP contribution is -2.11. The van der Waals surface area contributed by atoms with E-state index in [9.17, 15) is 0 Å². The number of rotatable bonds is 3. The molecular weight excluding hydrogens is 294 g/mol. The number of hydrazine groups is 1. The molecule has 0 unspecified atom stereocenters. The number of nitrogens with one attached hydrogen (secondary N) is 2. The third-order valence-electron chi connectivity index (χ3n) is 2.92. The zero-order valence-corrected chi connectivity index (χ0v) is 12.2. The number of thiophene rings is 1. The molecule has 20 heavy (non-hydrogen) atoms. The normalized spacial score (nSPS) is 10.8. The van der Waals surface area contributed by atoms with Gasteiger partial charge >= 0.3 is 0 Å². The number of para-hydroxylation sites is 1. The number of nitrogens with two attached hydrogens (primary N) is 1. The molecule has 0 atom stereocenters. The Kier molecular flexibility index (Phi) is 3.43. The van der Waals surface area contributed by atoms with Crippen LogP contribution in [0, 0.1) is 6.92 Å². The molecule has 0 aliphatic rings. The van der Waals surface area contributed by atoms with Crippen LogP contribution in [-0.4, -0.2) is 9.97 Å². The molecule has 0 bridgehead atoms. The van der Waals surface area contributed by atoms with E-state index in [1.54, 1.807) is 0 Å². The Labute approximate surface area is 124 Å². The summed E-state index contributed by atoms with van der Waals surface area (Å²) in [5, 5.41) is 6.82. The number of benzene rings is 1. The van der Waals surface area contributed by atoms with Crippen molar-refractivity contribution in [2.75, 3.05) is 10.7 Å². The number of halogens is 1. The van der Waals surface area contributed by atoms with Crippen LogP contribution in [0.25, 0.3) is 10.2 Å². The third-order valence-corrected chi connectivity index (χ3v) is 4.04. The molecule has 0 radical (unpaired) electrons. The quantitative estimate of drug-likeness (QED) is 0.508. The second-order valence-corrected chi connectivity index (χ2v) is 5.54. The summed E-state index contributed by atoms with van der Waals surface area (Å²) in [7, 11) is 0. The van der Waals surface area contributed by atoms with Crippen LogP contribution < -0.4 is 16.6 Å². The largest absolute Gasteiger partial charge is 0.338 e. The summed E-state index contributed by atoms with van der Waals surface area (Å²) in [5.41, 5.74) is 4.36. The van der Waals surface area contributed by atoms with Crippen molar-refractivity contribution in [2.24, 2.45) is 5.84 Å². The van der Waals surface area contributed by atoms with Crippen LogP contribution in [0.15, 0.2) is 29.6 Å². The molecule has 4 N–H and O–H groups in total. The van der Waals surface area contributed by atoms with E-state index in [-0.39, 0.29) is 0 Å². The molecule has 0 saturated carbocycles. The van der Waals surface area contributed by atoms with Gasteiger partial charge in [0.15, 0.2) is 0 Å². The standard InChI is InChI=1S/C13H12ClN5S/c1-7-3-2-4-9(14)10(7)16-11-8-5-6-20-12(8)18-13(17-11)19-15/h2-6H,15H2,1H3,(H2,16,17,18,19). The summed E-state index contributed by atoms with van der Waals surface area (Å²) >= 11 is 7.76. The lowest BCUT2D eigenvalue weighted by atomic mass is 10.2. The van der Waals surface area contributed by atoms with Crippen molar-refractivity contribution in [2.45, 2.75) is 6.92 Å². The van der Waals surface area contributed by atoms with Crippen molar-refractivity contribution in [3.63, 3.8) is 0 Å². The van der Waals surface area contributed by atoms with E-state index in [4.69, 9.17) is 17.4 Å². The van der Waals surface area contributed by atoms with Gasteiger partial charge in [-0.3, -0.25) is 5.43 Å².